The first-order chi connectivity index (χ1) is 2.91. The van der Waals surface area contributed by atoms with E-state index in [2.05, 4.69) is 4.89 Å². The smallest absolute Gasteiger partial charge is 0.0819 e. The van der Waals surface area contributed by atoms with Crippen LogP contribution >= 0.6 is 0 Å². The monoisotopic (exact) mass is 180 g/mol. The second-order valence-electron chi connectivity index (χ2n) is 1.19. The SMILES string of the molecule is CCCCOO.[Zr]. The summed E-state index contributed by atoms with van der Waals surface area (Å²) < 4.78 is 0. The summed E-state index contributed by atoms with van der Waals surface area (Å²) in [4.78, 5) is 3.78. The second-order valence-corrected chi connectivity index (χ2v) is 1.19. The van der Waals surface area contributed by atoms with Gasteiger partial charge in [-0.1, -0.05) is 13.3 Å². The van der Waals surface area contributed by atoms with Gasteiger partial charge in [0.2, 0.25) is 0 Å². The van der Waals surface area contributed by atoms with Crippen LogP contribution in [0.2, 0.25) is 0 Å². The van der Waals surface area contributed by atoms with Crippen LogP contribution in [-0.2, 0) is 31.1 Å². The van der Waals surface area contributed by atoms with Crippen molar-refractivity contribution < 1.29 is 36.3 Å². The molecule has 0 spiro atoms. The van der Waals surface area contributed by atoms with E-state index in [-0.39, 0.29) is 26.2 Å². The molecule has 0 aromatic heterocycles. The number of rotatable bonds is 3. The van der Waals surface area contributed by atoms with Crippen molar-refractivity contribution in [3.8, 4) is 0 Å². The molecule has 0 unspecified atom stereocenters. The van der Waals surface area contributed by atoms with Crippen LogP contribution in [-0.4, -0.2) is 11.9 Å². The molecule has 0 aromatic carbocycles. The van der Waals surface area contributed by atoms with Crippen LogP contribution in [0.4, 0.5) is 0 Å². The van der Waals surface area contributed by atoms with Gasteiger partial charge in [-0.05, 0) is 6.42 Å². The predicted molar refractivity (Wildman–Crippen MR) is 23.5 cm³/mol. The average Bonchev–Trinajstić information content (AvgIpc) is 1.61. The minimum absolute atomic E-state index is 0. The first-order valence-electron chi connectivity index (χ1n) is 2.18. The Morgan fingerprint density at radius 2 is 2.14 bits per heavy atom. The molecule has 0 saturated carbocycles. The molecule has 1 N–H and O–H groups in total. The van der Waals surface area contributed by atoms with E-state index >= 15 is 0 Å². The minimum atomic E-state index is 0. The van der Waals surface area contributed by atoms with Crippen molar-refractivity contribution in [3.63, 3.8) is 0 Å². The Hall–Kier alpha value is 0.803. The predicted octanol–water partition coefficient (Wildman–Crippen LogP) is 1.27. The van der Waals surface area contributed by atoms with Crippen molar-refractivity contribution in [2.75, 3.05) is 6.61 Å². The molecule has 2 nitrogen and oxygen atoms in total. The number of unbranched alkanes of at least 4 members (excludes halogenated alkanes) is 1. The molecule has 0 rings (SSSR count). The average molecular weight is 181 g/mol. The van der Waals surface area contributed by atoms with Crippen molar-refractivity contribution in [2.24, 2.45) is 0 Å². The first-order valence-corrected chi connectivity index (χ1v) is 2.18. The summed E-state index contributed by atoms with van der Waals surface area (Å²) in [6, 6.07) is 0. The molecule has 0 aliphatic heterocycles. The van der Waals surface area contributed by atoms with Crippen LogP contribution in [0.5, 0.6) is 0 Å². The Labute approximate surface area is 62.9 Å². The van der Waals surface area contributed by atoms with Crippen LogP contribution in [0, 0.1) is 0 Å². The standard InChI is InChI=1S/C4H10O2.Zr/c1-2-3-4-6-5;/h5H,2-4H2,1H3;. The van der Waals surface area contributed by atoms with Crippen LogP contribution < -0.4 is 0 Å². The molecule has 0 aliphatic carbocycles. The Kier molecular flexibility index (Phi) is 15.2. The van der Waals surface area contributed by atoms with Crippen molar-refractivity contribution in [1.29, 1.82) is 0 Å². The van der Waals surface area contributed by atoms with E-state index in [0.717, 1.165) is 12.8 Å². The fraction of sp³-hybridized carbons (Fsp3) is 1.00. The van der Waals surface area contributed by atoms with E-state index in [1.165, 1.54) is 0 Å². The molecular formula is C4H10O2Zr. The summed E-state index contributed by atoms with van der Waals surface area (Å²) in [7, 11) is 0. The molecule has 7 heavy (non-hydrogen) atoms. The van der Waals surface area contributed by atoms with E-state index in [4.69, 9.17) is 5.26 Å². The summed E-state index contributed by atoms with van der Waals surface area (Å²) in [6.07, 6.45) is 2.01. The third-order valence-corrected chi connectivity index (χ3v) is 0.589. The van der Waals surface area contributed by atoms with Crippen molar-refractivity contribution in [1.82, 2.24) is 0 Å². The fourth-order valence-electron chi connectivity index (χ4n) is 0.209. The van der Waals surface area contributed by atoms with Gasteiger partial charge >= 0.3 is 0 Å². The maximum Gasteiger partial charge on any atom is 0.0819 e. The van der Waals surface area contributed by atoms with Crippen LogP contribution in [0.1, 0.15) is 19.8 Å². The maximum absolute atomic E-state index is 7.70. The van der Waals surface area contributed by atoms with Gasteiger partial charge in [0, 0.05) is 26.2 Å². The van der Waals surface area contributed by atoms with E-state index in [1.807, 2.05) is 6.92 Å². The molecule has 3 heteroatoms. The van der Waals surface area contributed by atoms with Gasteiger partial charge in [-0.25, -0.2) is 4.89 Å². The molecule has 0 amide bonds. The molecule has 0 aromatic rings. The summed E-state index contributed by atoms with van der Waals surface area (Å²) in [5.41, 5.74) is 0. The van der Waals surface area contributed by atoms with E-state index in [0.29, 0.717) is 6.61 Å². The molecule has 0 atom stereocenters. The minimum Gasteiger partial charge on any atom is -0.252 e. The zero-order valence-electron chi connectivity index (χ0n) is 4.48. The van der Waals surface area contributed by atoms with Crippen molar-refractivity contribution in [2.45, 2.75) is 19.8 Å². The Balaban J connectivity index is 0. The van der Waals surface area contributed by atoms with Crippen LogP contribution in [0.3, 0.4) is 0 Å². The molecule has 42 valence electrons. The zero-order chi connectivity index (χ0) is 4.83. The van der Waals surface area contributed by atoms with Crippen molar-refractivity contribution in [3.05, 3.63) is 0 Å². The normalized spacial score (nSPS) is 7.71. The summed E-state index contributed by atoms with van der Waals surface area (Å²) >= 11 is 0. The molecule has 0 heterocycles. The molecule has 0 aliphatic rings. The zero-order valence-corrected chi connectivity index (χ0v) is 6.93. The Morgan fingerprint density at radius 1 is 1.57 bits per heavy atom. The summed E-state index contributed by atoms with van der Waals surface area (Å²) in [5, 5.41) is 7.70. The molecule has 0 fully saturated rings. The summed E-state index contributed by atoms with van der Waals surface area (Å²) in [5.74, 6) is 0. The van der Waals surface area contributed by atoms with Gasteiger partial charge < -0.3 is 0 Å². The van der Waals surface area contributed by atoms with Crippen LogP contribution in [0.25, 0.3) is 0 Å². The van der Waals surface area contributed by atoms with Gasteiger partial charge in [0.1, 0.15) is 0 Å². The Bertz CT molecular complexity index is 21.7. The molecule has 0 radical (unpaired) electrons. The first kappa shape index (κ1) is 10.7. The van der Waals surface area contributed by atoms with E-state index in [1.54, 1.807) is 0 Å². The molecule has 0 saturated heterocycles. The molecule has 0 bridgehead atoms. The van der Waals surface area contributed by atoms with Gasteiger partial charge in [0.05, 0.1) is 6.61 Å². The molecular weight excluding hydrogens is 171 g/mol. The second kappa shape index (κ2) is 9.93. The van der Waals surface area contributed by atoms with Gasteiger partial charge in [-0.15, -0.1) is 0 Å². The maximum atomic E-state index is 7.70. The van der Waals surface area contributed by atoms with E-state index in [9.17, 15) is 0 Å². The van der Waals surface area contributed by atoms with Crippen LogP contribution in [0.15, 0.2) is 0 Å². The van der Waals surface area contributed by atoms with Crippen molar-refractivity contribution >= 4 is 0 Å². The largest absolute Gasteiger partial charge is 0.252 e. The number of hydrogen-bond acceptors (Lipinski definition) is 2. The van der Waals surface area contributed by atoms with Gasteiger partial charge in [0.25, 0.3) is 0 Å². The van der Waals surface area contributed by atoms with Gasteiger partial charge in [-0.3, -0.25) is 5.26 Å². The quantitative estimate of drug-likeness (QED) is 0.404. The van der Waals surface area contributed by atoms with E-state index < -0.39 is 0 Å². The number of hydrogen-bond donors (Lipinski definition) is 1. The topological polar surface area (TPSA) is 29.5 Å². The summed E-state index contributed by atoms with van der Waals surface area (Å²) in [6.45, 7) is 2.51. The van der Waals surface area contributed by atoms with Gasteiger partial charge in [-0.2, -0.15) is 0 Å². The Morgan fingerprint density at radius 3 is 2.29 bits per heavy atom. The fourth-order valence-corrected chi connectivity index (χ4v) is 0.209. The third kappa shape index (κ3) is 10.9. The van der Waals surface area contributed by atoms with Gasteiger partial charge in [0.15, 0.2) is 0 Å². The third-order valence-electron chi connectivity index (χ3n) is 0.589.